The molecule has 0 spiro atoms. The van der Waals surface area contributed by atoms with Crippen molar-refractivity contribution in [3.8, 4) is 17.6 Å². The number of methoxy groups -OCH3 is 2. The zero-order valence-electron chi connectivity index (χ0n) is 10.9. The van der Waals surface area contributed by atoms with E-state index in [1.54, 1.807) is 14.2 Å². The molecule has 17 heavy (non-hydrogen) atoms. The van der Waals surface area contributed by atoms with E-state index >= 15 is 0 Å². The van der Waals surface area contributed by atoms with Crippen molar-refractivity contribution in [2.45, 2.75) is 19.9 Å². The summed E-state index contributed by atoms with van der Waals surface area (Å²) in [5.74, 6) is 1.53. The van der Waals surface area contributed by atoms with Gasteiger partial charge in [-0.1, -0.05) is 0 Å². The Kier molecular flexibility index (Phi) is 4.22. The fourth-order valence-electron chi connectivity index (χ4n) is 1.71. The molecular weight excluding hydrogens is 216 g/mol. The third-order valence-electron chi connectivity index (χ3n) is 2.91. The van der Waals surface area contributed by atoms with Gasteiger partial charge in [0.15, 0.2) is 0 Å². The van der Waals surface area contributed by atoms with E-state index < -0.39 is 0 Å². The Balaban J connectivity index is 3.26. The molecule has 1 aromatic carbocycles. The van der Waals surface area contributed by atoms with Crippen LogP contribution in [0.15, 0.2) is 12.1 Å². The van der Waals surface area contributed by atoms with Gasteiger partial charge < -0.3 is 14.4 Å². The number of ether oxygens (including phenoxy) is 2. The summed E-state index contributed by atoms with van der Waals surface area (Å²) in [7, 11) is 5.12. The first kappa shape index (κ1) is 13.2. The van der Waals surface area contributed by atoms with Crippen molar-refractivity contribution in [3.63, 3.8) is 0 Å². The van der Waals surface area contributed by atoms with Crippen molar-refractivity contribution in [3.05, 3.63) is 17.7 Å². The maximum absolute atomic E-state index is 8.94. The van der Waals surface area contributed by atoms with Crippen LogP contribution < -0.4 is 14.4 Å². The Morgan fingerprint density at radius 2 is 1.94 bits per heavy atom. The number of benzene rings is 1. The fraction of sp³-hybridized carbons (Fsp3) is 0.462. The zero-order valence-corrected chi connectivity index (χ0v) is 10.9. The fourth-order valence-corrected chi connectivity index (χ4v) is 1.71. The van der Waals surface area contributed by atoms with Crippen molar-refractivity contribution >= 4 is 5.69 Å². The number of hydrogen-bond acceptors (Lipinski definition) is 4. The number of nitriles is 1. The van der Waals surface area contributed by atoms with Gasteiger partial charge >= 0.3 is 0 Å². The molecule has 0 amide bonds. The first-order chi connectivity index (χ1) is 8.06. The number of rotatable bonds is 4. The van der Waals surface area contributed by atoms with E-state index in [0.717, 1.165) is 22.7 Å². The summed E-state index contributed by atoms with van der Waals surface area (Å²) in [6.45, 7) is 3.78. The second-order valence-electron chi connectivity index (χ2n) is 3.86. The van der Waals surface area contributed by atoms with Crippen LogP contribution in [0.25, 0.3) is 0 Å². The van der Waals surface area contributed by atoms with Crippen LogP contribution in [0.5, 0.6) is 11.5 Å². The van der Waals surface area contributed by atoms with Gasteiger partial charge in [-0.05, 0) is 26.0 Å². The Labute approximate surface area is 102 Å². The Bertz CT molecular complexity index is 438. The lowest BCUT2D eigenvalue weighted by atomic mass is 10.1. The molecule has 0 heterocycles. The zero-order chi connectivity index (χ0) is 13.0. The summed E-state index contributed by atoms with van der Waals surface area (Å²) in [6, 6.07) is 5.77. The molecule has 0 aromatic heterocycles. The minimum atomic E-state index is -0.211. The second-order valence-corrected chi connectivity index (χ2v) is 3.86. The molecule has 0 fully saturated rings. The minimum Gasteiger partial charge on any atom is -0.496 e. The third-order valence-corrected chi connectivity index (χ3v) is 2.91. The highest BCUT2D eigenvalue weighted by atomic mass is 16.5. The van der Waals surface area contributed by atoms with Crippen LogP contribution >= 0.6 is 0 Å². The molecule has 0 aliphatic carbocycles. The van der Waals surface area contributed by atoms with Gasteiger partial charge in [-0.15, -0.1) is 0 Å². The highest BCUT2D eigenvalue weighted by Crippen LogP contribution is 2.37. The Hall–Kier alpha value is -1.89. The molecule has 0 bridgehead atoms. The predicted octanol–water partition coefficient (Wildman–Crippen LogP) is 2.36. The van der Waals surface area contributed by atoms with Crippen LogP contribution in [0.2, 0.25) is 0 Å². The molecule has 0 saturated heterocycles. The third kappa shape index (κ3) is 2.44. The van der Waals surface area contributed by atoms with E-state index in [1.807, 2.05) is 37.9 Å². The highest BCUT2D eigenvalue weighted by Gasteiger charge is 2.17. The molecular formula is C13H18N2O2. The van der Waals surface area contributed by atoms with Crippen LogP contribution in [0.4, 0.5) is 5.69 Å². The predicted molar refractivity (Wildman–Crippen MR) is 67.8 cm³/mol. The van der Waals surface area contributed by atoms with Gasteiger partial charge in [-0.2, -0.15) is 5.26 Å². The summed E-state index contributed by atoms with van der Waals surface area (Å²) in [5.41, 5.74) is 1.82. The van der Waals surface area contributed by atoms with E-state index in [4.69, 9.17) is 14.7 Å². The Morgan fingerprint density at radius 1 is 1.29 bits per heavy atom. The van der Waals surface area contributed by atoms with E-state index in [2.05, 4.69) is 6.07 Å². The lowest BCUT2D eigenvalue weighted by Gasteiger charge is -2.25. The van der Waals surface area contributed by atoms with Crippen LogP contribution in [0, 0.1) is 18.3 Å². The van der Waals surface area contributed by atoms with Gasteiger partial charge in [-0.3, -0.25) is 0 Å². The summed E-state index contributed by atoms with van der Waals surface area (Å²) >= 11 is 0. The van der Waals surface area contributed by atoms with Gasteiger partial charge in [0.1, 0.15) is 17.5 Å². The van der Waals surface area contributed by atoms with E-state index in [1.165, 1.54) is 0 Å². The van der Waals surface area contributed by atoms with Gasteiger partial charge in [0, 0.05) is 12.6 Å². The molecule has 4 nitrogen and oxygen atoms in total. The van der Waals surface area contributed by atoms with Gasteiger partial charge in [0.2, 0.25) is 0 Å². The maximum atomic E-state index is 8.94. The van der Waals surface area contributed by atoms with Crippen LogP contribution in [-0.4, -0.2) is 27.3 Å². The lowest BCUT2D eigenvalue weighted by molar-refractivity contribution is 0.389. The number of hydrogen-bond donors (Lipinski definition) is 0. The van der Waals surface area contributed by atoms with E-state index in [9.17, 15) is 0 Å². The summed E-state index contributed by atoms with van der Waals surface area (Å²) in [6.07, 6.45) is 0. The van der Waals surface area contributed by atoms with Gasteiger partial charge in [0.25, 0.3) is 0 Å². The average Bonchev–Trinajstić information content (AvgIpc) is 2.36. The van der Waals surface area contributed by atoms with Gasteiger partial charge in [0.05, 0.1) is 26.0 Å². The van der Waals surface area contributed by atoms with E-state index in [0.29, 0.717) is 0 Å². The minimum absolute atomic E-state index is 0.211. The molecule has 4 heteroatoms. The van der Waals surface area contributed by atoms with Crippen LogP contribution in [0.1, 0.15) is 12.5 Å². The van der Waals surface area contributed by atoms with Crippen LogP contribution in [-0.2, 0) is 0 Å². The van der Waals surface area contributed by atoms with Crippen molar-refractivity contribution in [2.75, 3.05) is 26.2 Å². The Morgan fingerprint density at radius 3 is 2.41 bits per heavy atom. The summed E-state index contributed by atoms with van der Waals surface area (Å²) in [5, 5.41) is 8.94. The quantitative estimate of drug-likeness (QED) is 0.802. The first-order valence-corrected chi connectivity index (χ1v) is 5.40. The number of nitrogens with zero attached hydrogens (tertiary/aromatic N) is 2. The van der Waals surface area contributed by atoms with Crippen LogP contribution in [0.3, 0.4) is 0 Å². The molecule has 0 N–H and O–H groups in total. The molecule has 0 aliphatic rings. The molecule has 0 saturated carbocycles. The average molecular weight is 234 g/mol. The van der Waals surface area contributed by atoms with Crippen molar-refractivity contribution < 1.29 is 9.47 Å². The normalized spacial score (nSPS) is 11.5. The lowest BCUT2D eigenvalue weighted by Crippen LogP contribution is -2.27. The molecule has 0 radical (unpaired) electrons. The molecule has 1 aromatic rings. The maximum Gasteiger partial charge on any atom is 0.148 e. The van der Waals surface area contributed by atoms with Crippen molar-refractivity contribution in [1.82, 2.24) is 0 Å². The largest absolute Gasteiger partial charge is 0.496 e. The van der Waals surface area contributed by atoms with E-state index in [-0.39, 0.29) is 6.04 Å². The molecule has 1 unspecified atom stereocenters. The smallest absolute Gasteiger partial charge is 0.148 e. The first-order valence-electron chi connectivity index (χ1n) is 5.40. The summed E-state index contributed by atoms with van der Waals surface area (Å²) in [4.78, 5) is 1.88. The molecule has 92 valence electrons. The van der Waals surface area contributed by atoms with Crippen molar-refractivity contribution in [2.24, 2.45) is 0 Å². The monoisotopic (exact) mass is 234 g/mol. The molecule has 1 atom stereocenters. The second kappa shape index (κ2) is 5.44. The van der Waals surface area contributed by atoms with Gasteiger partial charge in [-0.25, -0.2) is 0 Å². The standard InChI is InChI=1S/C13H18N2O2/c1-9(8-14)15(3)11-6-7-12(16-4)10(2)13(11)17-5/h6-7,9H,1-5H3. The molecule has 1 rings (SSSR count). The SMILES string of the molecule is COc1ccc(N(C)C(C)C#N)c(OC)c1C. The highest BCUT2D eigenvalue weighted by molar-refractivity contribution is 5.65. The number of anilines is 1. The molecule has 0 aliphatic heterocycles. The topological polar surface area (TPSA) is 45.5 Å². The summed E-state index contributed by atoms with van der Waals surface area (Å²) < 4.78 is 10.6. The van der Waals surface area contributed by atoms with Crippen molar-refractivity contribution in [1.29, 1.82) is 5.26 Å².